The number of carbonyl (C=O) groups excluding carboxylic acids is 2. The first-order valence-corrected chi connectivity index (χ1v) is 7.98. The van der Waals surface area contributed by atoms with Gasteiger partial charge in [0, 0.05) is 38.6 Å². The molecule has 0 aromatic heterocycles. The first kappa shape index (κ1) is 15.8. The second kappa shape index (κ2) is 7.00. The van der Waals surface area contributed by atoms with Gasteiger partial charge in [-0.05, 0) is 6.07 Å². The second-order valence-corrected chi connectivity index (χ2v) is 5.97. The number of hydrogen-bond donors (Lipinski definition) is 1. The lowest BCUT2D eigenvalue weighted by atomic mass is 9.99. The van der Waals surface area contributed by atoms with Crippen molar-refractivity contribution in [2.75, 3.05) is 33.4 Å². The average molecular weight is 318 g/mol. The molecule has 2 aliphatic heterocycles. The number of benzene rings is 1. The van der Waals surface area contributed by atoms with Gasteiger partial charge in [0.25, 0.3) is 0 Å². The van der Waals surface area contributed by atoms with Gasteiger partial charge < -0.3 is 19.7 Å². The van der Waals surface area contributed by atoms with Crippen molar-refractivity contribution in [3.05, 3.63) is 29.8 Å². The van der Waals surface area contributed by atoms with Crippen LogP contribution in [0.1, 0.15) is 24.4 Å². The highest BCUT2D eigenvalue weighted by atomic mass is 16.5. The van der Waals surface area contributed by atoms with E-state index in [1.807, 2.05) is 24.3 Å². The number of fused-ring (bicyclic) bond motifs is 1. The van der Waals surface area contributed by atoms with E-state index in [2.05, 4.69) is 5.32 Å². The zero-order valence-electron chi connectivity index (χ0n) is 13.3. The van der Waals surface area contributed by atoms with Gasteiger partial charge in [-0.3, -0.25) is 9.59 Å². The molecule has 6 nitrogen and oxygen atoms in total. The Bertz CT molecular complexity index is 590. The number of ether oxygens (including phenoxy) is 2. The van der Waals surface area contributed by atoms with Crippen LogP contribution in [-0.4, -0.2) is 50.1 Å². The Kier molecular flexibility index (Phi) is 4.81. The van der Waals surface area contributed by atoms with E-state index in [1.165, 1.54) is 0 Å². The SMILES string of the molecule is COCCN1C[C@H](C(=O)N[C@H]2CCOc3ccccc32)CC1=O. The smallest absolute Gasteiger partial charge is 0.225 e. The van der Waals surface area contributed by atoms with E-state index in [4.69, 9.17) is 9.47 Å². The molecule has 1 N–H and O–H groups in total. The zero-order chi connectivity index (χ0) is 16.2. The largest absolute Gasteiger partial charge is 0.493 e. The topological polar surface area (TPSA) is 67.9 Å². The van der Waals surface area contributed by atoms with Gasteiger partial charge in [0.2, 0.25) is 11.8 Å². The molecule has 0 bridgehead atoms. The highest BCUT2D eigenvalue weighted by Crippen LogP contribution is 2.32. The molecule has 1 aromatic rings. The van der Waals surface area contributed by atoms with Gasteiger partial charge in [-0.2, -0.15) is 0 Å². The van der Waals surface area contributed by atoms with E-state index >= 15 is 0 Å². The normalized spacial score (nSPS) is 23.3. The number of rotatable bonds is 5. The number of likely N-dealkylation sites (tertiary alicyclic amines) is 1. The third kappa shape index (κ3) is 3.47. The summed E-state index contributed by atoms with van der Waals surface area (Å²) in [7, 11) is 1.60. The Balaban J connectivity index is 1.61. The van der Waals surface area contributed by atoms with Crippen LogP contribution >= 0.6 is 0 Å². The van der Waals surface area contributed by atoms with Crippen molar-refractivity contribution in [3.8, 4) is 5.75 Å². The van der Waals surface area contributed by atoms with Crippen LogP contribution in [-0.2, 0) is 14.3 Å². The van der Waals surface area contributed by atoms with E-state index in [1.54, 1.807) is 12.0 Å². The lowest BCUT2D eigenvalue weighted by Crippen LogP contribution is -2.37. The maximum Gasteiger partial charge on any atom is 0.225 e. The second-order valence-electron chi connectivity index (χ2n) is 5.97. The molecular weight excluding hydrogens is 296 g/mol. The minimum atomic E-state index is -0.283. The van der Waals surface area contributed by atoms with Gasteiger partial charge in [-0.1, -0.05) is 18.2 Å². The van der Waals surface area contributed by atoms with Crippen LogP contribution in [0.25, 0.3) is 0 Å². The summed E-state index contributed by atoms with van der Waals surface area (Å²) in [5.74, 6) is 0.511. The first-order valence-electron chi connectivity index (χ1n) is 7.98. The molecule has 1 saturated heterocycles. The van der Waals surface area contributed by atoms with Gasteiger partial charge in [-0.15, -0.1) is 0 Å². The van der Waals surface area contributed by atoms with Gasteiger partial charge in [-0.25, -0.2) is 0 Å². The van der Waals surface area contributed by atoms with Crippen molar-refractivity contribution in [3.63, 3.8) is 0 Å². The van der Waals surface area contributed by atoms with E-state index in [9.17, 15) is 9.59 Å². The summed E-state index contributed by atoms with van der Waals surface area (Å²) in [6.07, 6.45) is 1.03. The Morgan fingerprint density at radius 3 is 3.09 bits per heavy atom. The molecule has 0 radical (unpaired) electrons. The fraction of sp³-hybridized carbons (Fsp3) is 0.529. The van der Waals surface area contributed by atoms with Crippen molar-refractivity contribution >= 4 is 11.8 Å². The molecule has 1 fully saturated rings. The minimum absolute atomic E-state index is 0.0228. The predicted molar refractivity (Wildman–Crippen MR) is 84.0 cm³/mol. The van der Waals surface area contributed by atoms with Crippen molar-refractivity contribution in [2.24, 2.45) is 5.92 Å². The van der Waals surface area contributed by atoms with Crippen molar-refractivity contribution in [1.82, 2.24) is 10.2 Å². The quantitative estimate of drug-likeness (QED) is 0.883. The molecule has 23 heavy (non-hydrogen) atoms. The van der Waals surface area contributed by atoms with Crippen LogP contribution in [0.3, 0.4) is 0 Å². The molecule has 2 amide bonds. The number of nitrogens with one attached hydrogen (secondary N) is 1. The fourth-order valence-corrected chi connectivity index (χ4v) is 3.15. The number of amides is 2. The van der Waals surface area contributed by atoms with Crippen LogP contribution in [0.5, 0.6) is 5.75 Å². The van der Waals surface area contributed by atoms with E-state index in [0.717, 1.165) is 17.7 Å². The van der Waals surface area contributed by atoms with Crippen LogP contribution in [0.15, 0.2) is 24.3 Å². The van der Waals surface area contributed by atoms with Crippen LogP contribution < -0.4 is 10.1 Å². The summed E-state index contributed by atoms with van der Waals surface area (Å²) in [6.45, 7) is 2.09. The molecule has 0 spiro atoms. The van der Waals surface area contributed by atoms with Crippen LogP contribution in [0.2, 0.25) is 0 Å². The summed E-state index contributed by atoms with van der Waals surface area (Å²) in [5.41, 5.74) is 1.01. The molecule has 2 heterocycles. The predicted octanol–water partition coefficient (Wildman–Crippen LogP) is 1.12. The number of methoxy groups -OCH3 is 1. The zero-order valence-corrected chi connectivity index (χ0v) is 13.3. The van der Waals surface area contributed by atoms with E-state index in [-0.39, 0.29) is 30.2 Å². The lowest BCUT2D eigenvalue weighted by Gasteiger charge is -2.27. The lowest BCUT2D eigenvalue weighted by molar-refractivity contribution is -0.129. The van der Waals surface area contributed by atoms with Gasteiger partial charge in [0.15, 0.2) is 0 Å². The standard InChI is InChI=1S/C17H22N2O4/c1-22-9-7-19-11-12(10-16(19)20)17(21)18-14-6-8-23-15-5-3-2-4-13(14)15/h2-5,12,14H,6-11H2,1H3,(H,18,21)/t12-,14+/m1/s1. The number of nitrogens with zero attached hydrogens (tertiary/aromatic N) is 1. The van der Waals surface area contributed by atoms with Crippen molar-refractivity contribution < 1.29 is 19.1 Å². The van der Waals surface area contributed by atoms with Crippen molar-refractivity contribution in [1.29, 1.82) is 0 Å². The van der Waals surface area contributed by atoms with Crippen LogP contribution in [0, 0.1) is 5.92 Å². The summed E-state index contributed by atoms with van der Waals surface area (Å²) < 4.78 is 10.6. The average Bonchev–Trinajstić information content (AvgIpc) is 2.94. The fourth-order valence-electron chi connectivity index (χ4n) is 3.15. The summed E-state index contributed by atoms with van der Waals surface area (Å²) in [5, 5.41) is 3.09. The molecular formula is C17H22N2O4. The Morgan fingerprint density at radius 2 is 2.26 bits per heavy atom. The first-order chi connectivity index (χ1) is 11.2. The Morgan fingerprint density at radius 1 is 1.43 bits per heavy atom. The number of hydrogen-bond acceptors (Lipinski definition) is 4. The highest BCUT2D eigenvalue weighted by molar-refractivity contribution is 5.89. The third-order valence-corrected chi connectivity index (χ3v) is 4.43. The molecule has 0 aliphatic carbocycles. The monoisotopic (exact) mass is 318 g/mol. The third-order valence-electron chi connectivity index (χ3n) is 4.43. The molecule has 3 rings (SSSR count). The molecule has 0 saturated carbocycles. The van der Waals surface area contributed by atoms with E-state index in [0.29, 0.717) is 26.3 Å². The van der Waals surface area contributed by atoms with Gasteiger partial charge in [0.05, 0.1) is 25.2 Å². The van der Waals surface area contributed by atoms with Gasteiger partial charge >= 0.3 is 0 Å². The van der Waals surface area contributed by atoms with E-state index < -0.39 is 0 Å². The Hall–Kier alpha value is -2.08. The molecule has 0 unspecified atom stereocenters. The molecule has 2 aliphatic rings. The molecule has 1 aromatic carbocycles. The maximum absolute atomic E-state index is 12.5. The summed E-state index contributed by atoms with van der Waals surface area (Å²) >= 11 is 0. The maximum atomic E-state index is 12.5. The number of para-hydroxylation sites is 1. The van der Waals surface area contributed by atoms with Crippen LogP contribution in [0.4, 0.5) is 0 Å². The van der Waals surface area contributed by atoms with Gasteiger partial charge in [0.1, 0.15) is 5.75 Å². The summed E-state index contributed by atoms with van der Waals surface area (Å²) in [4.78, 5) is 26.2. The highest BCUT2D eigenvalue weighted by Gasteiger charge is 2.35. The molecule has 2 atom stereocenters. The number of carbonyl (C=O) groups is 2. The summed E-state index contributed by atoms with van der Waals surface area (Å²) in [6, 6.07) is 7.71. The van der Waals surface area contributed by atoms with Crippen molar-refractivity contribution in [2.45, 2.75) is 18.9 Å². The Labute approximate surface area is 135 Å². The molecule has 6 heteroatoms. The minimum Gasteiger partial charge on any atom is -0.493 e. The molecule has 124 valence electrons.